The molecule has 1 aromatic heterocycles. The average molecular weight is 430 g/mol. The number of benzene rings is 2. The van der Waals surface area contributed by atoms with Crippen LogP contribution in [-0.4, -0.2) is 27.6 Å². The Morgan fingerprint density at radius 3 is 2.38 bits per heavy atom. The molecule has 6 nitrogen and oxygen atoms in total. The second kappa shape index (κ2) is 9.51. The molecule has 0 spiro atoms. The van der Waals surface area contributed by atoms with Crippen molar-refractivity contribution in [2.45, 2.75) is 4.90 Å². The summed E-state index contributed by atoms with van der Waals surface area (Å²) in [6, 6.07) is 19.7. The van der Waals surface area contributed by atoms with Gasteiger partial charge in [-0.2, -0.15) is 0 Å². The molecule has 0 radical (unpaired) electrons. The number of hydrogen-bond donors (Lipinski definition) is 1. The van der Waals surface area contributed by atoms with Crippen molar-refractivity contribution < 1.29 is 22.7 Å². The van der Waals surface area contributed by atoms with Gasteiger partial charge >= 0.3 is 5.97 Å². The van der Waals surface area contributed by atoms with E-state index in [2.05, 4.69) is 0 Å². The molecule has 0 saturated carbocycles. The number of rotatable bonds is 8. The maximum Gasteiger partial charge on any atom is 0.330 e. The monoisotopic (exact) mass is 429 g/mol. The molecule has 0 atom stereocenters. The summed E-state index contributed by atoms with van der Waals surface area (Å²) in [7, 11) is -3.73. The first-order valence-electron chi connectivity index (χ1n) is 8.67. The summed E-state index contributed by atoms with van der Waals surface area (Å²) in [4.78, 5) is 13.9. The number of carbonyl (C=O) groups is 1. The number of ether oxygens (including phenoxy) is 2. The highest BCUT2D eigenvalue weighted by Gasteiger charge is 2.07. The molecule has 0 amide bonds. The largest absolute Gasteiger partial charge is 0.490 e. The second-order valence-electron chi connectivity index (χ2n) is 5.93. The molecular formula is C21H19NO5S2. The third-order valence-corrected chi connectivity index (χ3v) is 5.85. The standard InChI is InChI=1S/C21H19NO5S2/c22-29(24,25)19-10-6-17(7-11-19)26-14-15-27-21(23)13-9-18-8-12-20(28-18)16-4-2-1-3-5-16/h1-13H,14-15H2,(H2,22,24,25)/b13-9-. The molecule has 150 valence electrons. The van der Waals surface area contributed by atoms with Crippen LogP contribution in [0.1, 0.15) is 4.88 Å². The number of esters is 1. The number of thiophene rings is 1. The molecule has 0 bridgehead atoms. The minimum absolute atomic E-state index is 0.00501. The highest BCUT2D eigenvalue weighted by Crippen LogP contribution is 2.28. The van der Waals surface area contributed by atoms with Crippen molar-refractivity contribution in [3.63, 3.8) is 0 Å². The SMILES string of the molecule is NS(=O)(=O)c1ccc(OCCOC(=O)/C=C\c2ccc(-c3ccccc3)s2)cc1. The van der Waals surface area contributed by atoms with E-state index in [1.54, 1.807) is 17.4 Å². The van der Waals surface area contributed by atoms with Crippen LogP contribution in [0.4, 0.5) is 0 Å². The number of hydrogen-bond acceptors (Lipinski definition) is 6. The fourth-order valence-corrected chi connectivity index (χ4v) is 3.86. The predicted molar refractivity (Wildman–Crippen MR) is 113 cm³/mol. The number of primary sulfonamides is 1. The van der Waals surface area contributed by atoms with Gasteiger partial charge in [0.2, 0.25) is 10.0 Å². The van der Waals surface area contributed by atoms with Gasteiger partial charge in [0.15, 0.2) is 0 Å². The Bertz CT molecular complexity index is 1090. The van der Waals surface area contributed by atoms with Gasteiger partial charge in [0.1, 0.15) is 19.0 Å². The maximum absolute atomic E-state index is 11.8. The van der Waals surface area contributed by atoms with E-state index in [9.17, 15) is 13.2 Å². The Morgan fingerprint density at radius 2 is 1.69 bits per heavy atom. The van der Waals surface area contributed by atoms with Crippen LogP contribution < -0.4 is 9.88 Å². The van der Waals surface area contributed by atoms with E-state index < -0.39 is 16.0 Å². The lowest BCUT2D eigenvalue weighted by Gasteiger charge is -2.06. The summed E-state index contributed by atoms with van der Waals surface area (Å²) >= 11 is 1.59. The van der Waals surface area contributed by atoms with Crippen molar-refractivity contribution in [2.24, 2.45) is 5.14 Å². The van der Waals surface area contributed by atoms with E-state index in [0.29, 0.717) is 5.75 Å². The highest BCUT2D eigenvalue weighted by molar-refractivity contribution is 7.89. The third-order valence-electron chi connectivity index (χ3n) is 3.82. The van der Waals surface area contributed by atoms with E-state index in [-0.39, 0.29) is 18.1 Å². The number of carbonyl (C=O) groups excluding carboxylic acids is 1. The van der Waals surface area contributed by atoms with E-state index in [0.717, 1.165) is 15.3 Å². The van der Waals surface area contributed by atoms with Crippen molar-refractivity contribution in [3.05, 3.63) is 77.7 Å². The van der Waals surface area contributed by atoms with Crippen LogP contribution in [0.3, 0.4) is 0 Å². The zero-order valence-corrected chi connectivity index (χ0v) is 17.0. The van der Waals surface area contributed by atoms with Crippen LogP contribution >= 0.6 is 11.3 Å². The van der Waals surface area contributed by atoms with Gasteiger partial charge < -0.3 is 9.47 Å². The van der Waals surface area contributed by atoms with Gasteiger partial charge in [-0.15, -0.1) is 11.3 Å². The minimum Gasteiger partial charge on any atom is -0.490 e. The fraction of sp³-hybridized carbons (Fsp3) is 0.0952. The van der Waals surface area contributed by atoms with Crippen LogP contribution in [0, 0.1) is 0 Å². The van der Waals surface area contributed by atoms with E-state index in [4.69, 9.17) is 14.6 Å². The first-order valence-corrected chi connectivity index (χ1v) is 11.0. The highest BCUT2D eigenvalue weighted by atomic mass is 32.2. The smallest absolute Gasteiger partial charge is 0.330 e. The molecule has 2 aromatic carbocycles. The number of nitrogens with two attached hydrogens (primary N) is 1. The van der Waals surface area contributed by atoms with Gasteiger partial charge in [0, 0.05) is 15.8 Å². The first kappa shape index (κ1) is 20.8. The summed E-state index contributed by atoms with van der Waals surface area (Å²) in [5, 5.41) is 5.03. The molecule has 0 saturated heterocycles. The molecule has 29 heavy (non-hydrogen) atoms. The molecular weight excluding hydrogens is 410 g/mol. The molecule has 0 aliphatic heterocycles. The molecule has 2 N–H and O–H groups in total. The fourth-order valence-electron chi connectivity index (χ4n) is 2.43. The summed E-state index contributed by atoms with van der Waals surface area (Å²) in [6.45, 7) is 0.214. The third kappa shape index (κ3) is 6.28. The lowest BCUT2D eigenvalue weighted by atomic mass is 10.2. The average Bonchev–Trinajstić information content (AvgIpc) is 3.19. The van der Waals surface area contributed by atoms with Gasteiger partial charge in [-0.3, -0.25) is 0 Å². The quantitative estimate of drug-likeness (QED) is 0.335. The summed E-state index contributed by atoms with van der Waals surface area (Å²) < 4.78 is 32.9. The summed E-state index contributed by atoms with van der Waals surface area (Å²) in [6.07, 6.45) is 3.09. The summed E-state index contributed by atoms with van der Waals surface area (Å²) in [5.74, 6) is -0.0103. The van der Waals surface area contributed by atoms with Crippen LogP contribution in [0.2, 0.25) is 0 Å². The van der Waals surface area contributed by atoms with Gasteiger partial charge in [0.05, 0.1) is 4.90 Å². The lowest BCUT2D eigenvalue weighted by Crippen LogP contribution is -2.12. The van der Waals surface area contributed by atoms with Crippen LogP contribution in [-0.2, 0) is 19.6 Å². The van der Waals surface area contributed by atoms with Crippen LogP contribution in [0.15, 0.2) is 77.7 Å². The van der Waals surface area contributed by atoms with Crippen molar-refractivity contribution in [1.82, 2.24) is 0 Å². The van der Waals surface area contributed by atoms with Gasteiger partial charge in [-0.25, -0.2) is 18.4 Å². The first-order chi connectivity index (χ1) is 13.9. The van der Waals surface area contributed by atoms with Crippen LogP contribution in [0.25, 0.3) is 16.5 Å². The van der Waals surface area contributed by atoms with E-state index in [1.165, 1.54) is 30.3 Å². The zero-order valence-electron chi connectivity index (χ0n) is 15.4. The Kier molecular flexibility index (Phi) is 6.82. The van der Waals surface area contributed by atoms with Gasteiger partial charge in [-0.05, 0) is 48.0 Å². The molecule has 8 heteroatoms. The zero-order chi connectivity index (χ0) is 20.7. The maximum atomic E-state index is 11.8. The van der Waals surface area contributed by atoms with E-state index >= 15 is 0 Å². The predicted octanol–water partition coefficient (Wildman–Crippen LogP) is 3.70. The molecule has 3 aromatic rings. The molecule has 0 aliphatic carbocycles. The minimum atomic E-state index is -3.73. The normalized spacial score (nSPS) is 11.5. The van der Waals surface area contributed by atoms with Crippen molar-refractivity contribution in [2.75, 3.05) is 13.2 Å². The Morgan fingerprint density at radius 1 is 0.966 bits per heavy atom. The van der Waals surface area contributed by atoms with Crippen molar-refractivity contribution in [3.8, 4) is 16.2 Å². The Labute approximate surface area is 173 Å². The summed E-state index contributed by atoms with van der Waals surface area (Å²) in [5.41, 5.74) is 1.13. The number of sulfonamides is 1. The van der Waals surface area contributed by atoms with Crippen LogP contribution in [0.5, 0.6) is 5.75 Å². The van der Waals surface area contributed by atoms with Gasteiger partial charge in [0.25, 0.3) is 0 Å². The molecule has 0 unspecified atom stereocenters. The van der Waals surface area contributed by atoms with Crippen molar-refractivity contribution in [1.29, 1.82) is 0 Å². The van der Waals surface area contributed by atoms with Gasteiger partial charge in [-0.1, -0.05) is 30.3 Å². The molecule has 1 heterocycles. The second-order valence-corrected chi connectivity index (χ2v) is 8.61. The molecule has 3 rings (SSSR count). The topological polar surface area (TPSA) is 95.7 Å². The van der Waals surface area contributed by atoms with Crippen molar-refractivity contribution >= 4 is 33.4 Å². The van der Waals surface area contributed by atoms with E-state index in [1.807, 2.05) is 42.5 Å². The Hall–Kier alpha value is -2.94. The Balaban J connectivity index is 1.43. The molecule has 0 aliphatic rings. The molecule has 0 fully saturated rings. The lowest BCUT2D eigenvalue weighted by molar-refractivity contribution is -0.138.